The van der Waals surface area contributed by atoms with Crippen molar-refractivity contribution in [2.75, 3.05) is 32.1 Å². The highest BCUT2D eigenvalue weighted by molar-refractivity contribution is 6.28. The van der Waals surface area contributed by atoms with Gasteiger partial charge in [0, 0.05) is 12.6 Å². The molecule has 1 atom stereocenters. The molecule has 0 aliphatic carbocycles. The monoisotopic (exact) mass is 273 g/mol. The van der Waals surface area contributed by atoms with Crippen molar-refractivity contribution >= 4 is 17.5 Å². The smallest absolute Gasteiger partial charge is 0.322 e. The van der Waals surface area contributed by atoms with Crippen molar-refractivity contribution in [2.24, 2.45) is 0 Å². The molecule has 0 aromatic carbocycles. The Morgan fingerprint density at radius 1 is 1.28 bits per heavy atom. The molecule has 1 unspecified atom stereocenters. The quantitative estimate of drug-likeness (QED) is 0.815. The maximum absolute atomic E-state index is 5.78. The molecule has 0 aliphatic heterocycles. The number of ether oxygens (including phenoxy) is 1. The molecule has 1 aromatic heterocycles. The van der Waals surface area contributed by atoms with E-state index in [0.29, 0.717) is 5.95 Å². The summed E-state index contributed by atoms with van der Waals surface area (Å²) in [4.78, 5) is 14.2. The Labute approximate surface area is 113 Å². The van der Waals surface area contributed by atoms with Gasteiger partial charge in [-0.1, -0.05) is 13.8 Å². The van der Waals surface area contributed by atoms with E-state index in [-0.39, 0.29) is 17.3 Å². The van der Waals surface area contributed by atoms with Gasteiger partial charge in [0.1, 0.15) is 0 Å². The summed E-state index contributed by atoms with van der Waals surface area (Å²) in [6, 6.07) is 0.431. The van der Waals surface area contributed by atoms with Gasteiger partial charge >= 0.3 is 6.01 Å². The normalized spacial score (nSPS) is 12.6. The Bertz CT molecular complexity index is 372. The second kappa shape index (κ2) is 7.33. The minimum Gasteiger partial charge on any atom is -0.467 e. The summed E-state index contributed by atoms with van der Waals surface area (Å²) >= 11 is 5.78. The number of nitrogens with zero attached hydrogens (tertiary/aromatic N) is 4. The van der Waals surface area contributed by atoms with E-state index in [1.54, 1.807) is 0 Å². The molecule has 18 heavy (non-hydrogen) atoms. The summed E-state index contributed by atoms with van der Waals surface area (Å²) in [6.07, 6.45) is 0. The summed E-state index contributed by atoms with van der Waals surface area (Å²) in [5.74, 6) is 0.437. The van der Waals surface area contributed by atoms with Crippen LogP contribution >= 0.6 is 11.6 Å². The zero-order valence-corrected chi connectivity index (χ0v) is 12.0. The second-order valence-corrected chi connectivity index (χ2v) is 4.28. The maximum atomic E-state index is 5.78. The molecule has 0 bridgehead atoms. The fourth-order valence-electron chi connectivity index (χ4n) is 1.62. The van der Waals surface area contributed by atoms with E-state index in [9.17, 15) is 0 Å². The zero-order chi connectivity index (χ0) is 13.5. The molecule has 0 spiro atoms. The first-order chi connectivity index (χ1) is 8.58. The van der Waals surface area contributed by atoms with Gasteiger partial charge in [-0.05, 0) is 31.6 Å². The van der Waals surface area contributed by atoms with Crippen LogP contribution in [0.25, 0.3) is 0 Å². The van der Waals surface area contributed by atoms with Crippen LogP contribution in [0.1, 0.15) is 20.8 Å². The Morgan fingerprint density at radius 2 is 1.94 bits per heavy atom. The van der Waals surface area contributed by atoms with E-state index < -0.39 is 0 Å². The van der Waals surface area contributed by atoms with Crippen LogP contribution in [0.3, 0.4) is 0 Å². The molecule has 0 aliphatic rings. The highest BCUT2D eigenvalue weighted by Crippen LogP contribution is 2.11. The van der Waals surface area contributed by atoms with Crippen molar-refractivity contribution in [3.05, 3.63) is 5.28 Å². The van der Waals surface area contributed by atoms with Crippen molar-refractivity contribution in [1.82, 2.24) is 19.9 Å². The van der Waals surface area contributed by atoms with Gasteiger partial charge in [-0.3, -0.25) is 0 Å². The lowest BCUT2D eigenvalue weighted by Gasteiger charge is -2.23. The Balaban J connectivity index is 2.63. The maximum Gasteiger partial charge on any atom is 0.322 e. The molecule has 6 nitrogen and oxygen atoms in total. The van der Waals surface area contributed by atoms with Crippen LogP contribution < -0.4 is 10.1 Å². The van der Waals surface area contributed by atoms with E-state index >= 15 is 0 Å². The third kappa shape index (κ3) is 4.62. The predicted octanol–water partition coefficient (Wildman–Crippen LogP) is 1.68. The first kappa shape index (κ1) is 14.9. The van der Waals surface area contributed by atoms with Gasteiger partial charge in [0.05, 0.1) is 7.11 Å². The highest BCUT2D eigenvalue weighted by Gasteiger charge is 2.10. The summed E-state index contributed by atoms with van der Waals surface area (Å²) in [6.45, 7) is 9.30. The number of anilines is 1. The second-order valence-electron chi connectivity index (χ2n) is 3.95. The van der Waals surface area contributed by atoms with E-state index in [1.165, 1.54) is 7.11 Å². The van der Waals surface area contributed by atoms with Gasteiger partial charge in [0.2, 0.25) is 11.2 Å². The summed E-state index contributed by atoms with van der Waals surface area (Å²) < 4.78 is 4.94. The van der Waals surface area contributed by atoms with Crippen molar-refractivity contribution in [3.8, 4) is 6.01 Å². The lowest BCUT2D eigenvalue weighted by molar-refractivity contribution is 0.294. The third-order valence-electron chi connectivity index (χ3n) is 2.57. The van der Waals surface area contributed by atoms with Gasteiger partial charge in [0.25, 0.3) is 0 Å². The number of aromatic nitrogens is 3. The first-order valence-electron chi connectivity index (χ1n) is 6.03. The molecule has 1 aromatic rings. The molecule has 1 N–H and O–H groups in total. The third-order valence-corrected chi connectivity index (χ3v) is 2.74. The number of hydrogen-bond acceptors (Lipinski definition) is 6. The van der Waals surface area contributed by atoms with Gasteiger partial charge in [0.15, 0.2) is 0 Å². The van der Waals surface area contributed by atoms with Crippen molar-refractivity contribution < 1.29 is 4.74 Å². The average Bonchev–Trinajstić information content (AvgIpc) is 2.35. The average molecular weight is 274 g/mol. The minimum absolute atomic E-state index is 0.124. The number of likely N-dealkylation sites (N-methyl/N-ethyl adjacent to an activating group) is 1. The molecule has 0 fully saturated rings. The van der Waals surface area contributed by atoms with E-state index in [0.717, 1.165) is 19.6 Å². The van der Waals surface area contributed by atoms with Crippen molar-refractivity contribution in [3.63, 3.8) is 0 Å². The number of rotatable bonds is 7. The SMILES string of the molecule is CCN(CC)CC(C)Nc1nc(Cl)nc(OC)n1. The van der Waals surface area contributed by atoms with E-state index in [4.69, 9.17) is 16.3 Å². The van der Waals surface area contributed by atoms with Gasteiger partial charge in [-0.25, -0.2) is 0 Å². The van der Waals surface area contributed by atoms with E-state index in [2.05, 4.69) is 45.9 Å². The molecule has 0 saturated carbocycles. The topological polar surface area (TPSA) is 63.2 Å². The first-order valence-corrected chi connectivity index (χ1v) is 6.41. The molecule has 0 radical (unpaired) electrons. The largest absolute Gasteiger partial charge is 0.467 e. The Hall–Kier alpha value is -1.14. The lowest BCUT2D eigenvalue weighted by Crippen LogP contribution is -2.35. The summed E-state index contributed by atoms with van der Waals surface area (Å²) in [7, 11) is 1.49. The molecule has 102 valence electrons. The summed E-state index contributed by atoms with van der Waals surface area (Å²) in [5, 5.41) is 3.31. The van der Waals surface area contributed by atoms with Crippen LogP contribution in [0.2, 0.25) is 5.28 Å². The molecule has 0 saturated heterocycles. The van der Waals surface area contributed by atoms with Crippen molar-refractivity contribution in [2.45, 2.75) is 26.8 Å². The van der Waals surface area contributed by atoms with Gasteiger partial charge < -0.3 is 15.0 Å². The van der Waals surface area contributed by atoms with E-state index in [1.807, 2.05) is 0 Å². The minimum atomic E-state index is 0.124. The highest BCUT2D eigenvalue weighted by atomic mass is 35.5. The number of hydrogen-bond donors (Lipinski definition) is 1. The Kier molecular flexibility index (Phi) is 6.07. The number of methoxy groups -OCH3 is 1. The van der Waals surface area contributed by atoms with Crippen LogP contribution in [-0.4, -0.2) is 52.6 Å². The molecular formula is C11H20ClN5O. The fourth-order valence-corrected chi connectivity index (χ4v) is 1.78. The molecule has 0 amide bonds. The van der Waals surface area contributed by atoms with Crippen LogP contribution in [0.5, 0.6) is 6.01 Å². The van der Waals surface area contributed by atoms with Crippen LogP contribution in [0.4, 0.5) is 5.95 Å². The van der Waals surface area contributed by atoms with Gasteiger partial charge in [-0.2, -0.15) is 15.0 Å². The Morgan fingerprint density at radius 3 is 2.50 bits per heavy atom. The molecule has 7 heteroatoms. The zero-order valence-electron chi connectivity index (χ0n) is 11.3. The van der Waals surface area contributed by atoms with Crippen LogP contribution in [-0.2, 0) is 0 Å². The predicted molar refractivity (Wildman–Crippen MR) is 72.3 cm³/mol. The standard InChI is InChI=1S/C11H20ClN5O/c1-5-17(6-2)7-8(3)13-10-14-9(12)15-11(16-10)18-4/h8H,5-7H2,1-4H3,(H,13,14,15,16). The fraction of sp³-hybridized carbons (Fsp3) is 0.727. The molecular weight excluding hydrogens is 254 g/mol. The number of nitrogens with one attached hydrogen (secondary N) is 1. The summed E-state index contributed by atoms with van der Waals surface area (Å²) in [5.41, 5.74) is 0. The molecule has 1 rings (SSSR count). The van der Waals surface area contributed by atoms with Crippen LogP contribution in [0.15, 0.2) is 0 Å². The number of halogens is 1. The van der Waals surface area contributed by atoms with Gasteiger partial charge in [-0.15, -0.1) is 0 Å². The van der Waals surface area contributed by atoms with Crippen LogP contribution in [0, 0.1) is 0 Å². The lowest BCUT2D eigenvalue weighted by atomic mass is 10.3. The molecule has 1 heterocycles. The van der Waals surface area contributed by atoms with Crippen molar-refractivity contribution in [1.29, 1.82) is 0 Å².